The first-order valence-corrected chi connectivity index (χ1v) is 7.04. The Morgan fingerprint density at radius 3 is 2.40 bits per heavy atom. The van der Waals surface area contributed by atoms with Gasteiger partial charge < -0.3 is 14.8 Å². The second kappa shape index (κ2) is 8.01. The molecule has 0 unspecified atom stereocenters. The molecule has 1 amide bonds. The molecule has 0 bridgehead atoms. The highest BCUT2D eigenvalue weighted by molar-refractivity contribution is 9.10. The highest BCUT2D eigenvalue weighted by Gasteiger charge is 2.25. The van der Waals surface area contributed by atoms with Gasteiger partial charge in [-0.2, -0.15) is 0 Å². The molecule has 2 atom stereocenters. The Hall–Kier alpha value is -1.40. The molecule has 1 N–H and O–H groups in total. The fourth-order valence-corrected chi connectivity index (χ4v) is 1.90. The quantitative estimate of drug-likeness (QED) is 0.804. The van der Waals surface area contributed by atoms with Gasteiger partial charge in [-0.1, -0.05) is 28.1 Å². The van der Waals surface area contributed by atoms with E-state index in [9.17, 15) is 9.59 Å². The van der Waals surface area contributed by atoms with E-state index < -0.39 is 18.1 Å². The van der Waals surface area contributed by atoms with Crippen molar-refractivity contribution in [3.63, 3.8) is 0 Å². The van der Waals surface area contributed by atoms with Gasteiger partial charge in [0.2, 0.25) is 5.91 Å². The van der Waals surface area contributed by atoms with E-state index in [2.05, 4.69) is 21.2 Å². The molecule has 0 fully saturated rings. The van der Waals surface area contributed by atoms with Crippen molar-refractivity contribution in [1.29, 1.82) is 0 Å². The molecule has 5 nitrogen and oxygen atoms in total. The zero-order chi connectivity index (χ0) is 15.1. The Morgan fingerprint density at radius 1 is 1.30 bits per heavy atom. The van der Waals surface area contributed by atoms with Crippen LogP contribution in [0.25, 0.3) is 0 Å². The van der Waals surface area contributed by atoms with E-state index in [0.717, 1.165) is 4.47 Å². The third-order valence-electron chi connectivity index (χ3n) is 2.71. The maximum Gasteiger partial charge on any atom is 0.333 e. The molecule has 0 spiro atoms. The van der Waals surface area contributed by atoms with Gasteiger partial charge in [0, 0.05) is 11.1 Å². The monoisotopic (exact) mass is 343 g/mol. The van der Waals surface area contributed by atoms with Gasteiger partial charge in [-0.3, -0.25) is 4.79 Å². The normalized spacial score (nSPS) is 13.4. The number of carbonyl (C=O) groups is 2. The lowest BCUT2D eigenvalue weighted by atomic mass is 10.1. The van der Waals surface area contributed by atoms with Crippen molar-refractivity contribution < 1.29 is 19.1 Å². The SMILES string of the molecule is CCO[C@@H](C)C(=O)N[C@@H](C(=O)OC)c1ccc(Br)cc1. The van der Waals surface area contributed by atoms with E-state index in [1.54, 1.807) is 38.1 Å². The Balaban J connectivity index is 2.88. The summed E-state index contributed by atoms with van der Waals surface area (Å²) >= 11 is 3.32. The molecule has 0 aliphatic carbocycles. The van der Waals surface area contributed by atoms with Gasteiger partial charge in [0.15, 0.2) is 6.04 Å². The van der Waals surface area contributed by atoms with Gasteiger partial charge >= 0.3 is 5.97 Å². The fourth-order valence-electron chi connectivity index (χ4n) is 1.64. The molecule has 110 valence electrons. The minimum Gasteiger partial charge on any atom is -0.467 e. The second-order valence-corrected chi connectivity index (χ2v) is 5.03. The van der Waals surface area contributed by atoms with Crippen molar-refractivity contribution in [1.82, 2.24) is 5.32 Å². The maximum atomic E-state index is 12.0. The molecule has 0 aromatic heterocycles. The number of rotatable bonds is 6. The largest absolute Gasteiger partial charge is 0.467 e. The third-order valence-corrected chi connectivity index (χ3v) is 3.24. The Kier molecular flexibility index (Phi) is 6.67. The number of halogens is 1. The lowest BCUT2D eigenvalue weighted by molar-refractivity contribution is -0.147. The van der Waals surface area contributed by atoms with Gasteiger partial charge in [-0.25, -0.2) is 4.79 Å². The lowest BCUT2D eigenvalue weighted by Crippen LogP contribution is -2.40. The van der Waals surface area contributed by atoms with Crippen molar-refractivity contribution in [3.8, 4) is 0 Å². The van der Waals surface area contributed by atoms with Crippen LogP contribution in [0.2, 0.25) is 0 Å². The molecular formula is C14H18BrNO4. The van der Waals surface area contributed by atoms with Crippen molar-refractivity contribution >= 4 is 27.8 Å². The summed E-state index contributed by atoms with van der Waals surface area (Å²) in [5.41, 5.74) is 0.650. The second-order valence-electron chi connectivity index (χ2n) is 4.11. The number of methoxy groups -OCH3 is 1. The van der Waals surface area contributed by atoms with E-state index in [1.165, 1.54) is 7.11 Å². The molecule has 0 radical (unpaired) electrons. The van der Waals surface area contributed by atoms with Crippen molar-refractivity contribution in [3.05, 3.63) is 34.3 Å². The highest BCUT2D eigenvalue weighted by atomic mass is 79.9. The van der Waals surface area contributed by atoms with Gasteiger partial charge in [-0.15, -0.1) is 0 Å². The fraction of sp³-hybridized carbons (Fsp3) is 0.429. The van der Waals surface area contributed by atoms with Crippen LogP contribution in [0.15, 0.2) is 28.7 Å². The molecule has 0 saturated carbocycles. The summed E-state index contributed by atoms with van der Waals surface area (Å²) in [6, 6.07) is 6.24. The van der Waals surface area contributed by atoms with Crippen LogP contribution in [0.5, 0.6) is 0 Å². The number of hydrogen-bond acceptors (Lipinski definition) is 4. The van der Waals surface area contributed by atoms with E-state index >= 15 is 0 Å². The first kappa shape index (κ1) is 16.7. The van der Waals surface area contributed by atoms with E-state index in [0.29, 0.717) is 12.2 Å². The standard InChI is InChI=1S/C14H18BrNO4/c1-4-20-9(2)13(17)16-12(14(18)19-3)10-5-7-11(15)8-6-10/h5-9,12H,4H2,1-3H3,(H,16,17)/t9-,12+/m0/s1. The number of esters is 1. The van der Waals surface area contributed by atoms with Gasteiger partial charge in [-0.05, 0) is 31.5 Å². The molecule has 1 aromatic rings. The van der Waals surface area contributed by atoms with Gasteiger partial charge in [0.1, 0.15) is 6.10 Å². The number of hydrogen-bond donors (Lipinski definition) is 1. The summed E-state index contributed by atoms with van der Waals surface area (Å²) in [6.07, 6.45) is -0.623. The minimum absolute atomic E-state index is 0.356. The van der Waals surface area contributed by atoms with Gasteiger partial charge in [0.05, 0.1) is 7.11 Å². The topological polar surface area (TPSA) is 64.6 Å². The van der Waals surface area contributed by atoms with E-state index in [4.69, 9.17) is 9.47 Å². The van der Waals surface area contributed by atoms with E-state index in [-0.39, 0.29) is 5.91 Å². The molecule has 1 rings (SSSR count). The predicted molar refractivity (Wildman–Crippen MR) is 78.1 cm³/mol. The molecule has 1 aromatic carbocycles. The van der Waals surface area contributed by atoms with E-state index in [1.807, 2.05) is 0 Å². The van der Waals surface area contributed by atoms with Crippen LogP contribution in [-0.2, 0) is 19.1 Å². The molecule has 6 heteroatoms. The predicted octanol–water partition coefficient (Wildman–Crippen LogP) is 2.20. The van der Waals surface area contributed by atoms with Crippen LogP contribution in [0.3, 0.4) is 0 Å². The zero-order valence-electron chi connectivity index (χ0n) is 11.7. The van der Waals surface area contributed by atoms with Gasteiger partial charge in [0.25, 0.3) is 0 Å². The zero-order valence-corrected chi connectivity index (χ0v) is 13.3. The van der Waals surface area contributed by atoms with Crippen LogP contribution in [0, 0.1) is 0 Å². The van der Waals surface area contributed by atoms with Crippen molar-refractivity contribution in [2.24, 2.45) is 0 Å². The molecular weight excluding hydrogens is 326 g/mol. The summed E-state index contributed by atoms with van der Waals surface area (Å²) in [5.74, 6) is -0.880. The van der Waals surface area contributed by atoms with Crippen molar-refractivity contribution in [2.75, 3.05) is 13.7 Å². The average molecular weight is 344 g/mol. The smallest absolute Gasteiger partial charge is 0.333 e. The summed E-state index contributed by atoms with van der Waals surface area (Å²) in [6.45, 7) is 3.86. The molecule has 0 heterocycles. The average Bonchev–Trinajstić information content (AvgIpc) is 2.45. The maximum absolute atomic E-state index is 12.0. The molecule has 0 aliphatic heterocycles. The van der Waals surface area contributed by atoms with Crippen LogP contribution >= 0.6 is 15.9 Å². The summed E-state index contributed by atoms with van der Waals surface area (Å²) < 4.78 is 10.8. The Morgan fingerprint density at radius 2 is 1.90 bits per heavy atom. The Bertz CT molecular complexity index is 461. The van der Waals surface area contributed by atoms with Crippen LogP contribution < -0.4 is 5.32 Å². The lowest BCUT2D eigenvalue weighted by Gasteiger charge is -2.19. The summed E-state index contributed by atoms with van der Waals surface area (Å²) in [4.78, 5) is 23.8. The molecule has 0 saturated heterocycles. The number of amides is 1. The molecule has 0 aliphatic rings. The number of ether oxygens (including phenoxy) is 2. The Labute approximate surface area is 126 Å². The minimum atomic E-state index is -0.844. The highest BCUT2D eigenvalue weighted by Crippen LogP contribution is 2.18. The van der Waals surface area contributed by atoms with Crippen LogP contribution in [0.4, 0.5) is 0 Å². The third kappa shape index (κ3) is 4.61. The van der Waals surface area contributed by atoms with Crippen LogP contribution in [0.1, 0.15) is 25.5 Å². The van der Waals surface area contributed by atoms with Crippen LogP contribution in [-0.4, -0.2) is 31.7 Å². The first-order valence-electron chi connectivity index (χ1n) is 6.24. The number of benzene rings is 1. The molecule has 20 heavy (non-hydrogen) atoms. The number of carbonyl (C=O) groups excluding carboxylic acids is 2. The number of nitrogens with one attached hydrogen (secondary N) is 1. The van der Waals surface area contributed by atoms with Crippen molar-refractivity contribution in [2.45, 2.75) is 26.0 Å². The summed E-state index contributed by atoms with van der Waals surface area (Å²) in [7, 11) is 1.28. The first-order chi connectivity index (χ1) is 9.49. The summed E-state index contributed by atoms with van der Waals surface area (Å²) in [5, 5.41) is 2.63.